The van der Waals surface area contributed by atoms with Gasteiger partial charge < -0.3 is 24.5 Å². The molecular formula is C27H29FN3O5+. The molecule has 5 rings (SSSR count). The van der Waals surface area contributed by atoms with E-state index in [0.29, 0.717) is 37.4 Å². The Morgan fingerprint density at radius 2 is 1.78 bits per heavy atom. The number of anilines is 1. The molecule has 2 saturated heterocycles. The molecule has 36 heavy (non-hydrogen) atoms. The van der Waals surface area contributed by atoms with Crippen LogP contribution in [0.15, 0.2) is 54.1 Å². The van der Waals surface area contributed by atoms with Crippen molar-refractivity contribution < 1.29 is 33.5 Å². The number of halogens is 1. The number of para-hydroxylation sites is 1. The normalized spacial score (nSPS) is 23.7. The van der Waals surface area contributed by atoms with Crippen molar-refractivity contribution in [1.82, 2.24) is 4.90 Å². The molecule has 8 nitrogen and oxygen atoms in total. The minimum Gasteiger partial charge on any atom is -0.507 e. The van der Waals surface area contributed by atoms with E-state index in [1.807, 2.05) is 6.92 Å². The third kappa shape index (κ3) is 3.61. The molecule has 0 radical (unpaired) electrons. The van der Waals surface area contributed by atoms with E-state index in [0.717, 1.165) is 31.8 Å². The molecule has 1 atom stereocenters. The molecule has 3 heterocycles. The highest BCUT2D eigenvalue weighted by atomic mass is 19.1. The first kappa shape index (κ1) is 24.1. The lowest BCUT2D eigenvalue weighted by Gasteiger charge is -2.35. The Balaban J connectivity index is 1.64. The zero-order valence-corrected chi connectivity index (χ0v) is 20.1. The molecular weight excluding hydrogens is 465 g/mol. The number of nitrogens with one attached hydrogen (secondary N) is 1. The summed E-state index contributed by atoms with van der Waals surface area (Å²) < 4.78 is 19.0. The number of ether oxygens (including phenoxy) is 1. The minimum atomic E-state index is -1.78. The number of nitrogens with zero attached hydrogens (tertiary/aromatic N) is 2. The van der Waals surface area contributed by atoms with Crippen LogP contribution in [0.2, 0.25) is 0 Å². The van der Waals surface area contributed by atoms with Crippen LogP contribution in [0.4, 0.5) is 10.1 Å². The van der Waals surface area contributed by atoms with Crippen molar-refractivity contribution in [3.05, 3.63) is 71.0 Å². The van der Waals surface area contributed by atoms with Crippen LogP contribution in [-0.2, 0) is 24.7 Å². The van der Waals surface area contributed by atoms with E-state index in [1.165, 1.54) is 21.9 Å². The van der Waals surface area contributed by atoms with Crippen molar-refractivity contribution >= 4 is 29.0 Å². The van der Waals surface area contributed by atoms with Gasteiger partial charge in [0.15, 0.2) is 5.54 Å². The maximum Gasteiger partial charge on any atom is 0.296 e. The Kier molecular flexibility index (Phi) is 6.36. The first-order valence-electron chi connectivity index (χ1n) is 12.3. The van der Waals surface area contributed by atoms with Crippen molar-refractivity contribution in [3.63, 3.8) is 0 Å². The minimum absolute atomic E-state index is 0.159. The highest BCUT2D eigenvalue weighted by Gasteiger charge is 2.66. The van der Waals surface area contributed by atoms with Gasteiger partial charge in [0, 0.05) is 30.6 Å². The number of amides is 2. The number of morpholine rings is 1. The first-order valence-corrected chi connectivity index (χ1v) is 12.3. The van der Waals surface area contributed by atoms with Crippen LogP contribution in [0.25, 0.3) is 5.76 Å². The summed E-state index contributed by atoms with van der Waals surface area (Å²) in [5.74, 6) is -3.19. The van der Waals surface area contributed by atoms with Crippen LogP contribution in [0.3, 0.4) is 0 Å². The van der Waals surface area contributed by atoms with Crippen LogP contribution in [-0.4, -0.2) is 73.5 Å². The number of carbonyl (C=O) groups excluding carboxylic acids is 3. The van der Waals surface area contributed by atoms with Crippen molar-refractivity contribution in [2.24, 2.45) is 0 Å². The second kappa shape index (κ2) is 9.48. The second-order valence-corrected chi connectivity index (χ2v) is 9.26. The average molecular weight is 495 g/mol. The van der Waals surface area contributed by atoms with Gasteiger partial charge in [0.1, 0.15) is 24.7 Å². The topological polar surface area (TPSA) is 91.6 Å². The van der Waals surface area contributed by atoms with Gasteiger partial charge in [-0.25, -0.2) is 4.39 Å². The summed E-state index contributed by atoms with van der Waals surface area (Å²) in [5, 5.41) is 11.3. The second-order valence-electron chi connectivity index (χ2n) is 9.26. The molecule has 188 valence electrons. The zero-order valence-electron chi connectivity index (χ0n) is 20.1. The van der Waals surface area contributed by atoms with Crippen LogP contribution in [0.5, 0.6) is 0 Å². The molecule has 3 aliphatic heterocycles. The Morgan fingerprint density at radius 1 is 1.08 bits per heavy atom. The molecule has 2 aromatic rings. The Labute approximate surface area is 208 Å². The van der Waals surface area contributed by atoms with Gasteiger partial charge in [0.25, 0.3) is 17.6 Å². The van der Waals surface area contributed by atoms with E-state index in [-0.39, 0.29) is 17.7 Å². The first-order chi connectivity index (χ1) is 17.4. The molecule has 9 heteroatoms. The summed E-state index contributed by atoms with van der Waals surface area (Å²) in [6.45, 7) is 6.16. The number of quaternary nitrogens is 1. The fraction of sp³-hybridized carbons (Fsp3) is 0.370. The Morgan fingerprint density at radius 3 is 2.47 bits per heavy atom. The number of aliphatic hydroxyl groups excluding tert-OH is 1. The number of hydrogen-bond donors (Lipinski definition) is 2. The molecule has 2 N–H and O–H groups in total. The van der Waals surface area contributed by atoms with E-state index in [9.17, 15) is 23.9 Å². The van der Waals surface area contributed by atoms with E-state index in [1.54, 1.807) is 29.2 Å². The van der Waals surface area contributed by atoms with Crippen LogP contribution < -0.4 is 9.80 Å². The number of Topliss-reactive ketones (excluding diaryl/α,β-unsaturated/α-hetero) is 1. The third-order valence-corrected chi connectivity index (χ3v) is 7.36. The highest BCUT2D eigenvalue weighted by molar-refractivity contribution is 6.50. The molecule has 0 saturated carbocycles. The summed E-state index contributed by atoms with van der Waals surface area (Å²) >= 11 is 0. The van der Waals surface area contributed by atoms with Gasteiger partial charge in [-0.1, -0.05) is 18.2 Å². The third-order valence-electron chi connectivity index (χ3n) is 7.36. The van der Waals surface area contributed by atoms with E-state index < -0.39 is 34.7 Å². The number of aliphatic hydroxyl groups is 1. The molecule has 0 unspecified atom stereocenters. The lowest BCUT2D eigenvalue weighted by Crippen LogP contribution is -3.14. The molecule has 2 amide bonds. The predicted octanol–water partition coefficient (Wildman–Crippen LogP) is 1.07. The van der Waals surface area contributed by atoms with E-state index in [4.69, 9.17) is 4.74 Å². The summed E-state index contributed by atoms with van der Waals surface area (Å²) in [4.78, 5) is 45.3. The standard InChI is InChI=1S/C27H28FN3O5/c1-2-30-21-7-4-3-6-20(21)27(26(30)35)22(23(32)18-8-10-19(28)11-9-18)24(33)25(34)31(27)13-5-12-29-14-16-36-17-15-29/h3-4,6-11,32H,2,5,12-17H2,1H3/p+1/t27-/m0/s1. The molecule has 2 fully saturated rings. The Hall–Kier alpha value is -3.56. The van der Waals surface area contributed by atoms with Gasteiger partial charge in [-0.15, -0.1) is 0 Å². The van der Waals surface area contributed by atoms with E-state index in [2.05, 4.69) is 0 Å². The molecule has 3 aliphatic rings. The Bertz CT molecular complexity index is 1240. The fourth-order valence-electron chi connectivity index (χ4n) is 5.63. The van der Waals surface area contributed by atoms with Gasteiger partial charge in [-0.2, -0.15) is 0 Å². The highest BCUT2D eigenvalue weighted by Crippen LogP contribution is 2.53. The van der Waals surface area contributed by atoms with E-state index >= 15 is 0 Å². The van der Waals surface area contributed by atoms with Crippen molar-refractivity contribution in [2.75, 3.05) is 50.8 Å². The summed E-state index contributed by atoms with van der Waals surface area (Å²) in [6.07, 6.45) is 0.572. The lowest BCUT2D eigenvalue weighted by molar-refractivity contribution is -0.908. The van der Waals surface area contributed by atoms with Crippen molar-refractivity contribution in [2.45, 2.75) is 18.9 Å². The number of likely N-dealkylation sites (N-methyl/N-ethyl adjacent to an activating group) is 1. The van der Waals surface area contributed by atoms with Crippen molar-refractivity contribution in [3.8, 4) is 0 Å². The smallest absolute Gasteiger partial charge is 0.296 e. The molecule has 0 aliphatic carbocycles. The number of ketones is 1. The largest absolute Gasteiger partial charge is 0.507 e. The molecule has 2 aromatic carbocycles. The number of hydrogen-bond acceptors (Lipinski definition) is 5. The predicted molar refractivity (Wildman–Crippen MR) is 130 cm³/mol. The number of rotatable bonds is 6. The van der Waals surface area contributed by atoms with Crippen LogP contribution >= 0.6 is 0 Å². The molecule has 0 aromatic heterocycles. The van der Waals surface area contributed by atoms with Gasteiger partial charge in [-0.3, -0.25) is 14.4 Å². The maximum atomic E-state index is 14.1. The fourth-order valence-corrected chi connectivity index (χ4v) is 5.63. The van der Waals surface area contributed by atoms with Gasteiger partial charge >= 0.3 is 0 Å². The summed E-state index contributed by atoms with van der Waals surface area (Å²) in [6, 6.07) is 12.0. The molecule has 1 spiro atoms. The van der Waals surface area contributed by atoms with Gasteiger partial charge in [0.2, 0.25) is 0 Å². The van der Waals surface area contributed by atoms with Crippen LogP contribution in [0.1, 0.15) is 24.5 Å². The zero-order chi connectivity index (χ0) is 25.4. The number of carbonyl (C=O) groups is 3. The SMILES string of the molecule is CCN1C(=O)[C@@]2(C(=C(O)c3ccc(F)cc3)C(=O)C(=O)N2CCC[NH+]2CCOCC2)c2ccccc21. The summed E-state index contributed by atoms with van der Waals surface area (Å²) in [5.41, 5.74) is -0.809. The molecule has 0 bridgehead atoms. The number of fused-ring (bicyclic) bond motifs is 2. The number of benzene rings is 2. The monoisotopic (exact) mass is 494 g/mol. The maximum absolute atomic E-state index is 14.1. The summed E-state index contributed by atoms with van der Waals surface area (Å²) in [7, 11) is 0. The average Bonchev–Trinajstić information content (AvgIpc) is 3.27. The van der Waals surface area contributed by atoms with Crippen LogP contribution in [0, 0.1) is 5.82 Å². The quantitative estimate of drug-likeness (QED) is 0.356. The van der Waals surface area contributed by atoms with Gasteiger partial charge in [-0.05, 0) is 37.3 Å². The number of likely N-dealkylation sites (tertiary alicyclic amines) is 1. The van der Waals surface area contributed by atoms with Gasteiger partial charge in [0.05, 0.1) is 31.0 Å². The van der Waals surface area contributed by atoms with Crippen molar-refractivity contribution in [1.29, 1.82) is 0 Å². The lowest BCUT2D eigenvalue weighted by atomic mass is 9.82.